The normalized spacial score (nSPS) is 17.9. The summed E-state index contributed by atoms with van der Waals surface area (Å²) in [4.78, 5) is 23.6. The standard InChI is InChI=1S/C22H25N5O/c1-25-10-12-26(13-11-25)22(28)18-7-5-6-17(14-18)20-15-24-21(23)16-27(20)19-8-3-2-4-9-19/h2-9,14-15H,10-13,16H2,1H3,(H2,23,24). The minimum atomic E-state index is 0.0839. The molecule has 0 unspecified atom stereocenters. The fourth-order valence-corrected chi connectivity index (χ4v) is 3.57. The first kappa shape index (κ1) is 18.3. The number of amidine groups is 1. The highest BCUT2D eigenvalue weighted by Gasteiger charge is 2.23. The zero-order valence-electron chi connectivity index (χ0n) is 16.1. The van der Waals surface area contributed by atoms with Crippen molar-refractivity contribution in [1.82, 2.24) is 9.80 Å². The number of nitrogens with zero attached hydrogens (tertiary/aromatic N) is 4. The van der Waals surface area contributed by atoms with Gasteiger partial charge in [0.2, 0.25) is 0 Å². The maximum atomic E-state index is 13.0. The van der Waals surface area contributed by atoms with Gasteiger partial charge in [0.15, 0.2) is 0 Å². The highest BCUT2D eigenvalue weighted by molar-refractivity contribution is 5.98. The molecule has 2 heterocycles. The van der Waals surface area contributed by atoms with Crippen molar-refractivity contribution in [3.05, 3.63) is 71.9 Å². The first-order chi connectivity index (χ1) is 13.6. The van der Waals surface area contributed by atoms with Gasteiger partial charge in [-0.3, -0.25) is 4.79 Å². The van der Waals surface area contributed by atoms with E-state index in [4.69, 9.17) is 5.73 Å². The van der Waals surface area contributed by atoms with Crippen molar-refractivity contribution in [2.24, 2.45) is 10.7 Å². The maximum Gasteiger partial charge on any atom is 0.253 e. The maximum absolute atomic E-state index is 13.0. The van der Waals surface area contributed by atoms with E-state index < -0.39 is 0 Å². The van der Waals surface area contributed by atoms with Gasteiger partial charge in [-0.2, -0.15) is 0 Å². The lowest BCUT2D eigenvalue weighted by Gasteiger charge is -2.33. The Morgan fingerprint density at radius 3 is 2.50 bits per heavy atom. The molecule has 2 aliphatic heterocycles. The van der Waals surface area contributed by atoms with Crippen LogP contribution in [0, 0.1) is 0 Å². The molecule has 2 N–H and O–H groups in total. The number of hydrogen-bond acceptors (Lipinski definition) is 5. The van der Waals surface area contributed by atoms with Gasteiger partial charge in [-0.25, -0.2) is 4.99 Å². The molecule has 0 atom stereocenters. The average Bonchev–Trinajstić information content (AvgIpc) is 2.74. The Labute approximate surface area is 165 Å². The molecule has 1 fully saturated rings. The highest BCUT2D eigenvalue weighted by atomic mass is 16.2. The Balaban J connectivity index is 1.63. The van der Waals surface area contributed by atoms with Crippen LogP contribution in [0.3, 0.4) is 0 Å². The van der Waals surface area contributed by atoms with Crippen molar-refractivity contribution in [2.75, 3.05) is 44.7 Å². The highest BCUT2D eigenvalue weighted by Crippen LogP contribution is 2.28. The first-order valence-electron chi connectivity index (χ1n) is 9.55. The van der Waals surface area contributed by atoms with E-state index in [-0.39, 0.29) is 5.91 Å². The summed E-state index contributed by atoms with van der Waals surface area (Å²) in [6.45, 7) is 3.86. The molecule has 2 aromatic carbocycles. The van der Waals surface area contributed by atoms with Crippen molar-refractivity contribution >= 4 is 23.1 Å². The van der Waals surface area contributed by atoms with Crippen molar-refractivity contribution < 1.29 is 4.79 Å². The minimum Gasteiger partial charge on any atom is -0.386 e. The number of amides is 1. The second-order valence-electron chi connectivity index (χ2n) is 7.23. The second-order valence-corrected chi connectivity index (χ2v) is 7.23. The number of aliphatic imine (C=N–C) groups is 1. The molecule has 0 radical (unpaired) electrons. The lowest BCUT2D eigenvalue weighted by Crippen LogP contribution is -2.47. The third-order valence-electron chi connectivity index (χ3n) is 5.23. The molecule has 6 heteroatoms. The van der Waals surface area contributed by atoms with E-state index in [1.54, 1.807) is 6.20 Å². The van der Waals surface area contributed by atoms with Gasteiger partial charge in [0.05, 0.1) is 18.4 Å². The SMILES string of the molecule is CN1CCN(C(=O)c2cccc(C3=CN=C(N)CN3c3ccccc3)c2)CC1. The number of piperazine rings is 1. The van der Waals surface area contributed by atoms with Crippen LogP contribution in [0.2, 0.25) is 0 Å². The zero-order chi connectivity index (χ0) is 19.5. The quantitative estimate of drug-likeness (QED) is 0.894. The predicted octanol–water partition coefficient (Wildman–Crippen LogP) is 2.25. The van der Waals surface area contributed by atoms with Crippen molar-refractivity contribution in [1.29, 1.82) is 0 Å². The van der Waals surface area contributed by atoms with E-state index in [0.29, 0.717) is 17.9 Å². The van der Waals surface area contributed by atoms with Gasteiger partial charge >= 0.3 is 0 Å². The van der Waals surface area contributed by atoms with Crippen molar-refractivity contribution in [2.45, 2.75) is 0 Å². The van der Waals surface area contributed by atoms with E-state index in [1.807, 2.05) is 59.5 Å². The average molecular weight is 375 g/mol. The van der Waals surface area contributed by atoms with Gasteiger partial charge in [-0.15, -0.1) is 0 Å². The van der Waals surface area contributed by atoms with E-state index in [1.165, 1.54) is 0 Å². The van der Waals surface area contributed by atoms with Crippen LogP contribution in [0.4, 0.5) is 5.69 Å². The Kier molecular flexibility index (Phi) is 5.12. The van der Waals surface area contributed by atoms with Crippen LogP contribution in [-0.4, -0.2) is 61.3 Å². The monoisotopic (exact) mass is 375 g/mol. The van der Waals surface area contributed by atoms with Crippen molar-refractivity contribution in [3.63, 3.8) is 0 Å². The molecule has 28 heavy (non-hydrogen) atoms. The number of rotatable bonds is 3. The topological polar surface area (TPSA) is 65.2 Å². The number of carbonyl (C=O) groups is 1. The number of carbonyl (C=O) groups excluding carboxylic acids is 1. The molecular weight excluding hydrogens is 350 g/mol. The van der Waals surface area contributed by atoms with E-state index in [0.717, 1.165) is 43.1 Å². The van der Waals surface area contributed by atoms with E-state index >= 15 is 0 Å². The summed E-state index contributed by atoms with van der Waals surface area (Å²) in [5.41, 5.74) is 9.64. The fraction of sp³-hybridized carbons (Fsp3) is 0.273. The number of benzene rings is 2. The van der Waals surface area contributed by atoms with E-state index in [9.17, 15) is 4.79 Å². The second kappa shape index (κ2) is 7.86. The van der Waals surface area contributed by atoms with Gasteiger partial charge in [0.25, 0.3) is 5.91 Å². The summed E-state index contributed by atoms with van der Waals surface area (Å²) in [6, 6.07) is 17.9. The largest absolute Gasteiger partial charge is 0.386 e. The number of likely N-dealkylation sites (N-methyl/N-ethyl adjacent to an activating group) is 1. The molecule has 2 aliphatic rings. The zero-order valence-corrected chi connectivity index (χ0v) is 16.1. The Morgan fingerprint density at radius 2 is 1.75 bits per heavy atom. The molecule has 4 rings (SSSR count). The summed E-state index contributed by atoms with van der Waals surface area (Å²) in [5, 5.41) is 0. The predicted molar refractivity (Wildman–Crippen MR) is 113 cm³/mol. The minimum absolute atomic E-state index is 0.0839. The number of hydrogen-bond donors (Lipinski definition) is 1. The molecule has 2 aromatic rings. The summed E-state index contributed by atoms with van der Waals surface area (Å²) in [7, 11) is 2.09. The molecule has 6 nitrogen and oxygen atoms in total. The number of nitrogens with two attached hydrogens (primary N) is 1. The Bertz CT molecular complexity index is 914. The molecule has 0 saturated carbocycles. The molecule has 1 amide bonds. The number of anilines is 1. The molecule has 144 valence electrons. The summed E-state index contributed by atoms with van der Waals surface area (Å²) < 4.78 is 0. The van der Waals surface area contributed by atoms with Crippen LogP contribution in [0.5, 0.6) is 0 Å². The van der Waals surface area contributed by atoms with Gasteiger partial charge in [0, 0.05) is 43.0 Å². The van der Waals surface area contributed by atoms with Gasteiger partial charge < -0.3 is 20.4 Å². The number of para-hydroxylation sites is 1. The van der Waals surface area contributed by atoms with Crippen molar-refractivity contribution in [3.8, 4) is 0 Å². The molecule has 1 saturated heterocycles. The fourth-order valence-electron chi connectivity index (χ4n) is 3.57. The molecule has 0 bridgehead atoms. The third kappa shape index (κ3) is 3.77. The Hall–Kier alpha value is -3.12. The lowest BCUT2D eigenvalue weighted by molar-refractivity contribution is 0.0664. The summed E-state index contributed by atoms with van der Waals surface area (Å²) in [6.07, 6.45) is 1.78. The van der Waals surface area contributed by atoms with Crippen LogP contribution >= 0.6 is 0 Å². The van der Waals surface area contributed by atoms with Crippen LogP contribution < -0.4 is 10.6 Å². The van der Waals surface area contributed by atoms with Crippen LogP contribution in [-0.2, 0) is 0 Å². The van der Waals surface area contributed by atoms with Crippen LogP contribution in [0.15, 0.2) is 65.8 Å². The summed E-state index contributed by atoms with van der Waals surface area (Å²) >= 11 is 0. The molecular formula is C22H25N5O. The molecule has 0 aliphatic carbocycles. The molecule has 0 aromatic heterocycles. The summed E-state index contributed by atoms with van der Waals surface area (Å²) in [5.74, 6) is 0.651. The first-order valence-corrected chi connectivity index (χ1v) is 9.55. The van der Waals surface area contributed by atoms with Gasteiger partial charge in [-0.1, -0.05) is 30.3 Å². The van der Waals surface area contributed by atoms with E-state index in [2.05, 4.69) is 21.8 Å². The lowest BCUT2D eigenvalue weighted by atomic mass is 10.0. The third-order valence-corrected chi connectivity index (χ3v) is 5.23. The van der Waals surface area contributed by atoms with Gasteiger partial charge in [0.1, 0.15) is 5.84 Å². The van der Waals surface area contributed by atoms with Gasteiger partial charge in [-0.05, 0) is 31.3 Å². The van der Waals surface area contributed by atoms with Crippen LogP contribution in [0.25, 0.3) is 5.70 Å². The molecule has 0 spiro atoms. The van der Waals surface area contributed by atoms with Crippen LogP contribution in [0.1, 0.15) is 15.9 Å². The smallest absolute Gasteiger partial charge is 0.253 e. The Morgan fingerprint density at radius 1 is 1.00 bits per heavy atom.